The average molecular weight is 430 g/mol. The maximum atomic E-state index is 5.10. The maximum Gasteiger partial charge on any atom is 0.0413 e. The monoisotopic (exact) mass is 429 g/mol. The molecule has 2 unspecified atom stereocenters. The van der Waals surface area contributed by atoms with Crippen molar-refractivity contribution >= 4 is 0 Å². The summed E-state index contributed by atoms with van der Waals surface area (Å²) < 4.78 is 4.25. The molecular formula is C27H47N3O. The fraction of sp³-hybridized carbons (Fsp3) is 0.593. The maximum absolute atomic E-state index is 5.10. The third-order valence-electron chi connectivity index (χ3n) is 4.41. The van der Waals surface area contributed by atoms with Crippen molar-refractivity contribution in [3.05, 3.63) is 54.0 Å². The van der Waals surface area contributed by atoms with E-state index >= 15 is 0 Å². The summed E-state index contributed by atoms with van der Waals surface area (Å²) in [4.78, 5) is 8.80. The van der Waals surface area contributed by atoms with Gasteiger partial charge in [0, 0.05) is 63.8 Å². The molecule has 0 bridgehead atoms. The molecule has 2 atom stereocenters. The molecule has 0 spiro atoms. The number of pyridine rings is 1. The third kappa shape index (κ3) is 15.4. The van der Waals surface area contributed by atoms with Gasteiger partial charge in [-0.3, -0.25) is 4.98 Å². The summed E-state index contributed by atoms with van der Waals surface area (Å²) in [5.74, 6) is 3.17. The Morgan fingerprint density at radius 2 is 1.68 bits per heavy atom. The van der Waals surface area contributed by atoms with Crippen LogP contribution in [0.3, 0.4) is 0 Å². The second-order valence-corrected chi connectivity index (χ2v) is 7.58. The van der Waals surface area contributed by atoms with Gasteiger partial charge in [0.15, 0.2) is 0 Å². The molecule has 2 rings (SSSR count). The predicted molar refractivity (Wildman–Crippen MR) is 137 cm³/mol. The smallest absolute Gasteiger partial charge is 0.0413 e. The number of aromatic nitrogens is 1. The number of aryl methyl sites for hydroxylation is 1. The zero-order valence-corrected chi connectivity index (χ0v) is 21.6. The largest absolute Gasteiger partial charge is 0.388 e. The molecule has 0 saturated carbocycles. The number of ether oxygens (including phenoxy) is 1. The van der Waals surface area contributed by atoms with Crippen LogP contribution in [0, 0.1) is 18.3 Å². The number of terminal acetylenes is 1. The van der Waals surface area contributed by atoms with Crippen LogP contribution in [0.25, 0.3) is 0 Å². The molecule has 0 saturated heterocycles. The molecule has 0 N–H and O–H groups in total. The molecule has 1 aromatic heterocycles. The van der Waals surface area contributed by atoms with Crippen LogP contribution in [0.15, 0.2) is 48.3 Å². The van der Waals surface area contributed by atoms with Gasteiger partial charge in [0.2, 0.25) is 0 Å². The lowest BCUT2D eigenvalue weighted by molar-refractivity contribution is 0.277. The lowest BCUT2D eigenvalue weighted by Crippen LogP contribution is -2.34. The molecular weight excluding hydrogens is 382 g/mol. The highest BCUT2D eigenvalue weighted by Crippen LogP contribution is 2.21. The van der Waals surface area contributed by atoms with Gasteiger partial charge in [-0.05, 0) is 52.1 Å². The molecule has 1 aromatic rings. The van der Waals surface area contributed by atoms with E-state index in [1.54, 1.807) is 20.4 Å². The van der Waals surface area contributed by atoms with Crippen LogP contribution in [-0.2, 0) is 11.2 Å². The van der Waals surface area contributed by atoms with E-state index in [1.807, 2.05) is 18.2 Å². The molecule has 0 radical (unpaired) electrons. The highest BCUT2D eigenvalue weighted by Gasteiger charge is 2.19. The first kappa shape index (κ1) is 31.1. The fourth-order valence-electron chi connectivity index (χ4n) is 2.98. The molecule has 176 valence electrons. The second-order valence-electron chi connectivity index (χ2n) is 7.58. The quantitative estimate of drug-likeness (QED) is 0.544. The zero-order valence-electron chi connectivity index (χ0n) is 21.6. The summed E-state index contributed by atoms with van der Waals surface area (Å²) in [5, 5.41) is 0. The number of nitrogens with zero attached hydrogens (tertiary/aromatic N) is 3. The summed E-state index contributed by atoms with van der Waals surface area (Å²) in [7, 11) is 7.53. The highest BCUT2D eigenvalue weighted by atomic mass is 16.4. The molecule has 0 fully saturated rings. The lowest BCUT2D eigenvalue weighted by Gasteiger charge is -2.32. The second kappa shape index (κ2) is 21.2. The minimum atomic E-state index is 0.546. The van der Waals surface area contributed by atoms with Gasteiger partial charge in [-0.2, -0.15) is 0 Å². The number of allylic oxidation sites excluding steroid dienone is 1. The standard InChI is InChI=1S/C13H24N2.C9H9N.C3H8.C2H6O/c1-6-15(7-2)12-8-9-13(14(4)5)11(3)10-12;1-2-3-6-9-7-4-5-8-10-9;2*1-3-2/h8-11,13H,6-7H2,1-5H3;1,4-5,7-8H,3,6H2;3H2,1-2H3;1-2H3. The lowest BCUT2D eigenvalue weighted by atomic mass is 9.94. The SMILES string of the molecule is C#CCCc1ccccn1.CCC.CCN(CC)C1=CC(C)C(N(C)C)C=C1.COC. The van der Waals surface area contributed by atoms with E-state index in [1.165, 1.54) is 12.1 Å². The Hall–Kier alpha value is -2.09. The summed E-state index contributed by atoms with van der Waals surface area (Å²) in [6.07, 6.45) is 16.8. The summed E-state index contributed by atoms with van der Waals surface area (Å²) in [5.41, 5.74) is 2.45. The van der Waals surface area contributed by atoms with Crippen LogP contribution in [0.5, 0.6) is 0 Å². The Balaban J connectivity index is 0. The Labute approximate surface area is 193 Å². The number of hydrogen-bond acceptors (Lipinski definition) is 4. The fourth-order valence-corrected chi connectivity index (χ4v) is 2.98. The predicted octanol–water partition coefficient (Wildman–Crippen LogP) is 5.67. The first-order valence-corrected chi connectivity index (χ1v) is 11.4. The number of hydrogen-bond donors (Lipinski definition) is 0. The van der Waals surface area contributed by atoms with E-state index in [9.17, 15) is 0 Å². The first-order chi connectivity index (χ1) is 14.9. The van der Waals surface area contributed by atoms with E-state index < -0.39 is 0 Å². The summed E-state index contributed by atoms with van der Waals surface area (Å²) in [6, 6.07) is 6.40. The van der Waals surface area contributed by atoms with E-state index in [2.05, 4.69) is 92.4 Å². The molecule has 0 aromatic carbocycles. The van der Waals surface area contributed by atoms with Gasteiger partial charge >= 0.3 is 0 Å². The number of methoxy groups -OCH3 is 1. The number of rotatable bonds is 6. The molecule has 0 aliphatic heterocycles. The van der Waals surface area contributed by atoms with Crippen LogP contribution >= 0.6 is 0 Å². The van der Waals surface area contributed by atoms with Gasteiger partial charge in [0.25, 0.3) is 0 Å². The van der Waals surface area contributed by atoms with E-state index in [0.29, 0.717) is 12.0 Å². The van der Waals surface area contributed by atoms with Crippen LogP contribution in [0.1, 0.15) is 53.2 Å². The van der Waals surface area contributed by atoms with Gasteiger partial charge < -0.3 is 14.5 Å². The minimum Gasteiger partial charge on any atom is -0.388 e. The normalized spacial score (nSPS) is 16.4. The molecule has 31 heavy (non-hydrogen) atoms. The molecule has 4 nitrogen and oxygen atoms in total. The summed E-state index contributed by atoms with van der Waals surface area (Å²) >= 11 is 0. The average Bonchev–Trinajstić information content (AvgIpc) is 2.75. The van der Waals surface area contributed by atoms with Crippen LogP contribution in [0.2, 0.25) is 0 Å². The van der Waals surface area contributed by atoms with E-state index in [0.717, 1.165) is 31.6 Å². The van der Waals surface area contributed by atoms with Gasteiger partial charge in [0.05, 0.1) is 0 Å². The molecule has 0 amide bonds. The number of likely N-dealkylation sites (N-methyl/N-ethyl adjacent to an activating group) is 2. The van der Waals surface area contributed by atoms with Crippen molar-refractivity contribution < 1.29 is 4.74 Å². The van der Waals surface area contributed by atoms with Gasteiger partial charge in [-0.25, -0.2) is 0 Å². The van der Waals surface area contributed by atoms with E-state index in [-0.39, 0.29) is 0 Å². The third-order valence-corrected chi connectivity index (χ3v) is 4.41. The Bertz CT molecular complexity index is 611. The van der Waals surface area contributed by atoms with Crippen molar-refractivity contribution in [2.24, 2.45) is 5.92 Å². The van der Waals surface area contributed by atoms with Crippen LogP contribution in [-0.4, -0.2) is 62.2 Å². The molecule has 1 aliphatic carbocycles. The molecule has 1 aliphatic rings. The zero-order chi connectivity index (χ0) is 24.1. The van der Waals surface area contributed by atoms with Crippen molar-refractivity contribution in [1.82, 2.24) is 14.8 Å². The van der Waals surface area contributed by atoms with Crippen molar-refractivity contribution in [3.8, 4) is 12.3 Å². The Kier molecular flexibility index (Phi) is 21.2. The van der Waals surface area contributed by atoms with Crippen molar-refractivity contribution in [3.63, 3.8) is 0 Å². The Morgan fingerprint density at radius 1 is 1.10 bits per heavy atom. The van der Waals surface area contributed by atoms with E-state index in [4.69, 9.17) is 6.42 Å². The van der Waals surface area contributed by atoms with Crippen LogP contribution in [0.4, 0.5) is 0 Å². The summed E-state index contributed by atoms with van der Waals surface area (Å²) in [6.45, 7) is 13.1. The molecule has 4 heteroatoms. The Morgan fingerprint density at radius 3 is 2.06 bits per heavy atom. The van der Waals surface area contributed by atoms with Crippen molar-refractivity contribution in [2.75, 3.05) is 41.4 Å². The first-order valence-electron chi connectivity index (χ1n) is 11.4. The van der Waals surface area contributed by atoms with Gasteiger partial charge in [0.1, 0.15) is 0 Å². The van der Waals surface area contributed by atoms with Gasteiger partial charge in [-0.15, -0.1) is 12.3 Å². The van der Waals surface area contributed by atoms with Gasteiger partial charge in [-0.1, -0.05) is 45.4 Å². The van der Waals surface area contributed by atoms with Crippen molar-refractivity contribution in [2.45, 2.75) is 59.9 Å². The highest BCUT2D eigenvalue weighted by molar-refractivity contribution is 5.26. The minimum absolute atomic E-state index is 0.546. The topological polar surface area (TPSA) is 28.6 Å². The van der Waals surface area contributed by atoms with Crippen molar-refractivity contribution in [1.29, 1.82) is 0 Å². The van der Waals surface area contributed by atoms with Crippen LogP contribution < -0.4 is 0 Å². The molecule has 1 heterocycles.